The smallest absolute Gasteiger partial charge is 0.168 e. The first-order valence-corrected chi connectivity index (χ1v) is 9.58. The number of aromatic nitrogens is 3. The second-order valence-electron chi connectivity index (χ2n) is 7.84. The molecule has 2 aromatic carbocycles. The van der Waals surface area contributed by atoms with E-state index in [0.717, 1.165) is 16.8 Å². The van der Waals surface area contributed by atoms with Crippen LogP contribution in [-0.2, 0) is 12.0 Å². The summed E-state index contributed by atoms with van der Waals surface area (Å²) in [5.41, 5.74) is 4.96. The van der Waals surface area contributed by atoms with Gasteiger partial charge in [0.05, 0.1) is 29.6 Å². The van der Waals surface area contributed by atoms with E-state index in [4.69, 9.17) is 0 Å². The van der Waals surface area contributed by atoms with Crippen LogP contribution in [0.5, 0.6) is 0 Å². The maximum absolute atomic E-state index is 12.8. The Balaban J connectivity index is 1.66. The van der Waals surface area contributed by atoms with E-state index in [1.807, 2.05) is 31.2 Å². The second-order valence-corrected chi connectivity index (χ2v) is 7.84. The lowest BCUT2D eigenvalue weighted by molar-refractivity contribution is 0.0784. The number of benzene rings is 2. The molecule has 0 atom stereocenters. The zero-order valence-corrected chi connectivity index (χ0v) is 16.8. The molecule has 0 unspecified atom stereocenters. The lowest BCUT2D eigenvalue weighted by atomic mass is 9.96. The zero-order valence-electron chi connectivity index (χ0n) is 16.8. The van der Waals surface area contributed by atoms with Crippen molar-refractivity contribution in [3.05, 3.63) is 89.2 Å². The first-order chi connectivity index (χ1) is 13.8. The third-order valence-corrected chi connectivity index (χ3v) is 5.01. The van der Waals surface area contributed by atoms with Gasteiger partial charge in [0.15, 0.2) is 11.4 Å². The molecule has 0 radical (unpaired) electrons. The number of fused-ring (bicyclic) bond motifs is 1. The summed E-state index contributed by atoms with van der Waals surface area (Å²) in [4.78, 5) is 17.4. The Morgan fingerprint density at radius 1 is 1.03 bits per heavy atom. The van der Waals surface area contributed by atoms with E-state index in [2.05, 4.69) is 22.2 Å². The highest BCUT2D eigenvalue weighted by Crippen LogP contribution is 2.23. The van der Waals surface area contributed by atoms with Gasteiger partial charge in [-0.1, -0.05) is 54.1 Å². The van der Waals surface area contributed by atoms with E-state index in [-0.39, 0.29) is 12.2 Å². The fourth-order valence-corrected chi connectivity index (χ4v) is 3.32. The Morgan fingerprint density at radius 2 is 1.72 bits per heavy atom. The summed E-state index contributed by atoms with van der Waals surface area (Å²) < 4.78 is 1.79. The van der Waals surface area contributed by atoms with E-state index < -0.39 is 5.60 Å². The molecule has 0 bridgehead atoms. The first-order valence-electron chi connectivity index (χ1n) is 9.58. The number of Topliss-reactive ketones (excluding diaryl/α,β-unsaturated/α-hetero) is 1. The first kappa shape index (κ1) is 19.0. The number of carbonyl (C=O) groups is 1. The number of carbonyl (C=O) groups excluding carboxylic acids is 1. The topological polar surface area (TPSA) is 67.5 Å². The minimum absolute atomic E-state index is 0.0153. The molecule has 29 heavy (non-hydrogen) atoms. The van der Waals surface area contributed by atoms with Crippen LogP contribution >= 0.6 is 0 Å². The largest absolute Gasteiger partial charge is 0.386 e. The fourth-order valence-electron chi connectivity index (χ4n) is 3.32. The highest BCUT2D eigenvalue weighted by atomic mass is 16.3. The van der Waals surface area contributed by atoms with E-state index in [1.165, 1.54) is 5.56 Å². The number of ketones is 1. The van der Waals surface area contributed by atoms with Crippen molar-refractivity contribution >= 4 is 11.4 Å². The molecule has 0 aliphatic rings. The van der Waals surface area contributed by atoms with Gasteiger partial charge in [-0.25, -0.2) is 9.50 Å². The highest BCUT2D eigenvalue weighted by Gasteiger charge is 2.17. The molecule has 4 rings (SSSR count). The van der Waals surface area contributed by atoms with Crippen molar-refractivity contribution in [1.82, 2.24) is 14.6 Å². The lowest BCUT2D eigenvalue weighted by Gasteiger charge is -2.17. The van der Waals surface area contributed by atoms with Crippen LogP contribution in [0.1, 0.15) is 41.0 Å². The summed E-state index contributed by atoms with van der Waals surface area (Å²) in [6.07, 6.45) is 1.91. The van der Waals surface area contributed by atoms with E-state index in [1.54, 1.807) is 48.8 Å². The molecule has 146 valence electrons. The second kappa shape index (κ2) is 7.26. The Bertz CT molecular complexity index is 1170. The van der Waals surface area contributed by atoms with Gasteiger partial charge in [-0.15, -0.1) is 0 Å². The van der Waals surface area contributed by atoms with Gasteiger partial charge in [0.2, 0.25) is 0 Å². The van der Waals surface area contributed by atoms with Gasteiger partial charge in [-0.2, -0.15) is 5.10 Å². The van der Waals surface area contributed by atoms with E-state index >= 15 is 0 Å². The number of hydrogen-bond donors (Lipinski definition) is 1. The maximum atomic E-state index is 12.8. The average Bonchev–Trinajstić information content (AvgIpc) is 3.16. The number of rotatable bonds is 5. The summed E-state index contributed by atoms with van der Waals surface area (Å²) in [6.45, 7) is 5.50. The zero-order chi connectivity index (χ0) is 20.6. The lowest BCUT2D eigenvalue weighted by Crippen LogP contribution is -2.15. The Labute approximate surface area is 169 Å². The molecule has 0 aliphatic carbocycles. The molecular formula is C24H23N3O2. The monoisotopic (exact) mass is 385 g/mol. The van der Waals surface area contributed by atoms with Crippen LogP contribution in [0.25, 0.3) is 16.9 Å². The van der Waals surface area contributed by atoms with E-state index in [0.29, 0.717) is 16.9 Å². The van der Waals surface area contributed by atoms with Crippen molar-refractivity contribution in [2.24, 2.45) is 0 Å². The summed E-state index contributed by atoms with van der Waals surface area (Å²) >= 11 is 0. The van der Waals surface area contributed by atoms with Crippen LogP contribution in [-0.4, -0.2) is 25.5 Å². The molecule has 0 aliphatic heterocycles. The van der Waals surface area contributed by atoms with Gasteiger partial charge in [0.25, 0.3) is 0 Å². The minimum atomic E-state index is -0.931. The van der Waals surface area contributed by atoms with Crippen LogP contribution in [0.3, 0.4) is 0 Å². The van der Waals surface area contributed by atoms with Crippen molar-refractivity contribution in [2.45, 2.75) is 32.8 Å². The maximum Gasteiger partial charge on any atom is 0.168 e. The molecule has 2 heterocycles. The summed E-state index contributed by atoms with van der Waals surface area (Å²) in [5.74, 6) is -0.0153. The van der Waals surface area contributed by atoms with Gasteiger partial charge in [-0.3, -0.25) is 4.79 Å². The predicted molar refractivity (Wildman–Crippen MR) is 113 cm³/mol. The van der Waals surface area contributed by atoms with Crippen LogP contribution < -0.4 is 0 Å². The molecule has 0 saturated heterocycles. The molecular weight excluding hydrogens is 362 g/mol. The van der Waals surface area contributed by atoms with Gasteiger partial charge in [0, 0.05) is 17.2 Å². The highest BCUT2D eigenvalue weighted by molar-refractivity contribution is 5.97. The van der Waals surface area contributed by atoms with E-state index in [9.17, 15) is 9.90 Å². The third kappa shape index (κ3) is 3.96. The molecule has 0 spiro atoms. The number of nitrogens with zero attached hydrogens (tertiary/aromatic N) is 3. The van der Waals surface area contributed by atoms with Crippen molar-refractivity contribution in [1.29, 1.82) is 0 Å². The van der Waals surface area contributed by atoms with Gasteiger partial charge in [-0.05, 0) is 32.4 Å². The third-order valence-electron chi connectivity index (χ3n) is 5.01. The normalized spacial score (nSPS) is 11.7. The van der Waals surface area contributed by atoms with Crippen molar-refractivity contribution in [3.63, 3.8) is 0 Å². The molecule has 5 heteroatoms. The van der Waals surface area contributed by atoms with Crippen molar-refractivity contribution in [2.75, 3.05) is 0 Å². The molecule has 2 aromatic heterocycles. The SMILES string of the molecule is Cc1ccc(-c2cc(CC(=O)c3ccc(C(C)(C)O)cc3)nc3ccnn23)cc1. The molecule has 0 saturated carbocycles. The van der Waals surface area contributed by atoms with Gasteiger partial charge in [0.1, 0.15) is 0 Å². The number of hydrogen-bond acceptors (Lipinski definition) is 4. The van der Waals surface area contributed by atoms with Gasteiger partial charge >= 0.3 is 0 Å². The molecule has 0 fully saturated rings. The predicted octanol–water partition coefficient (Wildman–Crippen LogP) is 4.36. The van der Waals surface area contributed by atoms with Gasteiger partial charge < -0.3 is 5.11 Å². The average molecular weight is 385 g/mol. The summed E-state index contributed by atoms with van der Waals surface area (Å²) in [7, 11) is 0. The summed E-state index contributed by atoms with van der Waals surface area (Å²) in [6, 6.07) is 19.1. The standard InChI is InChI=1S/C24H23N3O2/c1-16-4-6-17(7-5-16)21-14-20(26-23-12-13-25-27(21)23)15-22(28)18-8-10-19(11-9-18)24(2,3)29/h4-14,29H,15H2,1-3H3. The fraction of sp³-hybridized carbons (Fsp3) is 0.208. The quantitative estimate of drug-likeness (QED) is 0.519. The number of aliphatic hydroxyl groups is 1. The molecule has 0 amide bonds. The molecule has 4 aromatic rings. The van der Waals surface area contributed by atoms with Crippen LogP contribution in [0.2, 0.25) is 0 Å². The number of aryl methyl sites for hydroxylation is 1. The van der Waals surface area contributed by atoms with Crippen LogP contribution in [0, 0.1) is 6.92 Å². The Morgan fingerprint density at radius 3 is 2.38 bits per heavy atom. The van der Waals surface area contributed by atoms with Crippen molar-refractivity contribution < 1.29 is 9.90 Å². The van der Waals surface area contributed by atoms with Crippen LogP contribution in [0.4, 0.5) is 0 Å². The minimum Gasteiger partial charge on any atom is -0.386 e. The van der Waals surface area contributed by atoms with Crippen molar-refractivity contribution in [3.8, 4) is 11.3 Å². The Hall–Kier alpha value is -3.31. The summed E-state index contributed by atoms with van der Waals surface area (Å²) in [5, 5.41) is 14.5. The molecule has 5 nitrogen and oxygen atoms in total. The Kier molecular flexibility index (Phi) is 4.76. The molecule has 1 N–H and O–H groups in total. The van der Waals surface area contributed by atoms with Crippen LogP contribution in [0.15, 0.2) is 66.9 Å².